The van der Waals surface area contributed by atoms with E-state index in [4.69, 9.17) is 10.5 Å². The zero-order valence-electron chi connectivity index (χ0n) is 11.3. The predicted molar refractivity (Wildman–Crippen MR) is 73.4 cm³/mol. The first-order chi connectivity index (χ1) is 9.63. The summed E-state index contributed by atoms with van der Waals surface area (Å²) >= 11 is 0. The van der Waals surface area contributed by atoms with Crippen molar-refractivity contribution >= 4 is 17.4 Å². The maximum absolute atomic E-state index is 12.2. The minimum Gasteiger partial charge on any atom is -0.492 e. The third-order valence-corrected chi connectivity index (χ3v) is 2.79. The van der Waals surface area contributed by atoms with Gasteiger partial charge in [0, 0.05) is 0 Å². The van der Waals surface area contributed by atoms with E-state index in [9.17, 15) is 4.79 Å². The van der Waals surface area contributed by atoms with Crippen molar-refractivity contribution in [2.75, 3.05) is 17.7 Å². The molecule has 7 heteroatoms. The monoisotopic (exact) mass is 276 g/mol. The number of nitrogens with one attached hydrogen (secondary N) is 1. The van der Waals surface area contributed by atoms with Crippen LogP contribution in [0.3, 0.4) is 0 Å². The number of amides is 1. The van der Waals surface area contributed by atoms with Crippen LogP contribution in [-0.2, 0) is 4.79 Å². The number of aromatic nitrogens is 2. The maximum Gasteiger partial charge on any atom is 0.233 e. The number of ether oxygens (including phenoxy) is 1. The lowest BCUT2D eigenvalue weighted by atomic mass is 10.1. The van der Waals surface area contributed by atoms with Crippen LogP contribution in [0.1, 0.15) is 25.5 Å². The summed E-state index contributed by atoms with van der Waals surface area (Å²) in [6, 6.07) is 7.20. The summed E-state index contributed by atoms with van der Waals surface area (Å²) in [5.41, 5.74) is 6.49. The van der Waals surface area contributed by atoms with E-state index in [0.29, 0.717) is 23.7 Å². The van der Waals surface area contributed by atoms with Gasteiger partial charge < -0.3 is 15.8 Å². The summed E-state index contributed by atoms with van der Waals surface area (Å²) in [6.45, 7) is 4.07. The molecular formula is C13H16N4O3. The van der Waals surface area contributed by atoms with Gasteiger partial charge in [-0.25, -0.2) is 4.63 Å². The van der Waals surface area contributed by atoms with E-state index in [1.165, 1.54) is 0 Å². The molecule has 2 aromatic rings. The largest absolute Gasteiger partial charge is 0.492 e. The highest BCUT2D eigenvalue weighted by molar-refractivity contribution is 5.97. The smallest absolute Gasteiger partial charge is 0.233 e. The van der Waals surface area contributed by atoms with Crippen molar-refractivity contribution in [3.8, 4) is 5.75 Å². The Morgan fingerprint density at radius 3 is 2.85 bits per heavy atom. The molecule has 1 atom stereocenters. The third kappa shape index (κ3) is 2.87. The van der Waals surface area contributed by atoms with Crippen molar-refractivity contribution in [3.63, 3.8) is 0 Å². The van der Waals surface area contributed by atoms with Crippen LogP contribution in [0.2, 0.25) is 0 Å². The summed E-state index contributed by atoms with van der Waals surface area (Å²) in [5, 5.41) is 9.88. The molecule has 7 nitrogen and oxygen atoms in total. The minimum absolute atomic E-state index is 0.116. The van der Waals surface area contributed by atoms with Crippen molar-refractivity contribution in [1.82, 2.24) is 10.3 Å². The van der Waals surface area contributed by atoms with Gasteiger partial charge in [0.15, 0.2) is 5.82 Å². The first-order valence-corrected chi connectivity index (χ1v) is 6.24. The molecule has 0 aliphatic carbocycles. The van der Waals surface area contributed by atoms with E-state index in [2.05, 4.69) is 20.3 Å². The first kappa shape index (κ1) is 13.9. The number of rotatable bonds is 5. The van der Waals surface area contributed by atoms with Gasteiger partial charge in [0.05, 0.1) is 18.2 Å². The zero-order valence-corrected chi connectivity index (χ0v) is 11.3. The number of nitrogen functional groups attached to an aromatic ring is 1. The van der Waals surface area contributed by atoms with Gasteiger partial charge in [0.25, 0.3) is 0 Å². The van der Waals surface area contributed by atoms with Crippen LogP contribution in [0.15, 0.2) is 28.9 Å². The Labute approximate surface area is 116 Å². The minimum atomic E-state index is -0.573. The SMILES string of the molecule is CCOc1ccccc1NC(=O)C(C)c1nonc1N. The van der Waals surface area contributed by atoms with E-state index in [-0.39, 0.29) is 11.7 Å². The predicted octanol–water partition coefficient (Wildman–Crippen LogP) is 1.79. The number of nitrogens with zero attached hydrogens (tertiary/aromatic N) is 2. The molecule has 0 aliphatic rings. The van der Waals surface area contributed by atoms with Crippen molar-refractivity contribution in [1.29, 1.82) is 0 Å². The second-order valence-electron chi connectivity index (χ2n) is 4.17. The molecule has 1 aromatic carbocycles. The molecule has 1 aromatic heterocycles. The van der Waals surface area contributed by atoms with Crippen LogP contribution in [0, 0.1) is 0 Å². The van der Waals surface area contributed by atoms with Gasteiger partial charge in [0.2, 0.25) is 5.91 Å². The quantitative estimate of drug-likeness (QED) is 0.863. The summed E-state index contributed by atoms with van der Waals surface area (Å²) in [5.74, 6) is -0.108. The lowest BCUT2D eigenvalue weighted by molar-refractivity contribution is -0.117. The standard InChI is InChI=1S/C13H16N4O3/c1-3-19-10-7-5-4-6-9(10)15-13(18)8(2)11-12(14)17-20-16-11/h4-8H,3H2,1-2H3,(H2,14,17)(H,15,18). The Morgan fingerprint density at radius 2 is 2.20 bits per heavy atom. The molecule has 0 spiro atoms. The molecule has 0 fully saturated rings. The molecule has 0 saturated carbocycles. The molecular weight excluding hydrogens is 260 g/mol. The van der Waals surface area contributed by atoms with Crippen LogP contribution >= 0.6 is 0 Å². The van der Waals surface area contributed by atoms with Crippen molar-refractivity contribution in [2.24, 2.45) is 0 Å². The lowest BCUT2D eigenvalue weighted by Gasteiger charge is -2.13. The average Bonchev–Trinajstić information content (AvgIpc) is 2.86. The lowest BCUT2D eigenvalue weighted by Crippen LogP contribution is -2.20. The van der Waals surface area contributed by atoms with Crippen LogP contribution in [0.4, 0.5) is 11.5 Å². The van der Waals surface area contributed by atoms with E-state index in [1.807, 2.05) is 19.1 Å². The summed E-state index contributed by atoms with van der Waals surface area (Å²) in [7, 11) is 0. The van der Waals surface area contributed by atoms with Crippen molar-refractivity contribution < 1.29 is 14.2 Å². The summed E-state index contributed by atoms with van der Waals surface area (Å²) in [4.78, 5) is 12.2. The van der Waals surface area contributed by atoms with E-state index in [1.54, 1.807) is 19.1 Å². The number of anilines is 2. The van der Waals surface area contributed by atoms with Gasteiger partial charge in [-0.15, -0.1) is 0 Å². The zero-order chi connectivity index (χ0) is 14.5. The van der Waals surface area contributed by atoms with Crippen LogP contribution < -0.4 is 15.8 Å². The van der Waals surface area contributed by atoms with Crippen LogP contribution in [-0.4, -0.2) is 22.8 Å². The highest BCUT2D eigenvalue weighted by Gasteiger charge is 2.23. The second kappa shape index (κ2) is 6.05. The summed E-state index contributed by atoms with van der Waals surface area (Å²) < 4.78 is 9.95. The van der Waals surface area contributed by atoms with E-state index >= 15 is 0 Å². The molecule has 1 heterocycles. The molecule has 0 saturated heterocycles. The fraction of sp³-hybridized carbons (Fsp3) is 0.308. The molecule has 0 aliphatic heterocycles. The number of nitrogens with two attached hydrogens (primary N) is 1. The fourth-order valence-electron chi connectivity index (χ4n) is 1.72. The highest BCUT2D eigenvalue weighted by Crippen LogP contribution is 2.26. The Balaban J connectivity index is 2.14. The van der Waals surface area contributed by atoms with Gasteiger partial charge >= 0.3 is 0 Å². The first-order valence-electron chi connectivity index (χ1n) is 6.24. The fourth-order valence-corrected chi connectivity index (χ4v) is 1.72. The Hall–Kier alpha value is -2.57. The molecule has 0 bridgehead atoms. The van der Waals surface area contributed by atoms with Crippen molar-refractivity contribution in [2.45, 2.75) is 19.8 Å². The Morgan fingerprint density at radius 1 is 1.45 bits per heavy atom. The molecule has 2 rings (SSSR count). The van der Waals surface area contributed by atoms with Gasteiger partial charge in [-0.1, -0.05) is 17.3 Å². The molecule has 106 valence electrons. The second-order valence-corrected chi connectivity index (χ2v) is 4.17. The number of hydrogen-bond donors (Lipinski definition) is 2. The third-order valence-electron chi connectivity index (χ3n) is 2.79. The summed E-state index contributed by atoms with van der Waals surface area (Å²) in [6.07, 6.45) is 0. The topological polar surface area (TPSA) is 103 Å². The van der Waals surface area contributed by atoms with Gasteiger partial charge in [-0.3, -0.25) is 4.79 Å². The molecule has 1 unspecified atom stereocenters. The number of carbonyl (C=O) groups excluding carboxylic acids is 1. The Kier molecular flexibility index (Phi) is 4.19. The van der Waals surface area contributed by atoms with Crippen LogP contribution in [0.25, 0.3) is 0 Å². The van der Waals surface area contributed by atoms with Gasteiger partial charge in [-0.05, 0) is 31.1 Å². The number of para-hydroxylation sites is 2. The highest BCUT2D eigenvalue weighted by atomic mass is 16.6. The van der Waals surface area contributed by atoms with E-state index < -0.39 is 5.92 Å². The normalized spacial score (nSPS) is 11.9. The molecule has 3 N–H and O–H groups in total. The molecule has 0 radical (unpaired) electrons. The van der Waals surface area contributed by atoms with E-state index in [0.717, 1.165) is 0 Å². The van der Waals surface area contributed by atoms with Crippen molar-refractivity contribution in [3.05, 3.63) is 30.0 Å². The Bertz CT molecular complexity index is 597. The number of benzene rings is 1. The van der Waals surface area contributed by atoms with Crippen LogP contribution in [0.5, 0.6) is 5.75 Å². The molecule has 20 heavy (non-hydrogen) atoms. The van der Waals surface area contributed by atoms with Gasteiger partial charge in [0.1, 0.15) is 11.4 Å². The van der Waals surface area contributed by atoms with Gasteiger partial charge in [-0.2, -0.15) is 0 Å². The molecule has 1 amide bonds. The average molecular weight is 276 g/mol. The maximum atomic E-state index is 12.2. The number of hydrogen-bond acceptors (Lipinski definition) is 6. The number of carbonyl (C=O) groups is 1.